The molecule has 1 aliphatic rings. The average Bonchev–Trinajstić information content (AvgIpc) is 3.00. The molecule has 42 heavy (non-hydrogen) atoms. The van der Waals surface area contributed by atoms with Crippen LogP contribution < -0.4 is 0 Å². The van der Waals surface area contributed by atoms with E-state index < -0.39 is 18.0 Å². The molecule has 8 nitrogen and oxygen atoms in total. The van der Waals surface area contributed by atoms with Crippen LogP contribution in [0.2, 0.25) is 0 Å². The SMILES string of the molecule is O=C(O)/C=C/C(=O)O.O[C@H](CCN1CCN(CCOC(c2ccc(F)cc2)c2ccc(F)cc2)CC1)c1ccccc1. The van der Waals surface area contributed by atoms with E-state index >= 15 is 0 Å². The molecule has 10 heteroatoms. The smallest absolute Gasteiger partial charge is 0.328 e. The van der Waals surface area contributed by atoms with Crippen LogP contribution in [0.5, 0.6) is 0 Å². The fraction of sp³-hybridized carbons (Fsp3) is 0.312. The van der Waals surface area contributed by atoms with Crippen LogP contribution in [-0.4, -0.2) is 82.9 Å². The summed E-state index contributed by atoms with van der Waals surface area (Å²) >= 11 is 0. The minimum Gasteiger partial charge on any atom is -0.478 e. The van der Waals surface area contributed by atoms with Gasteiger partial charge in [0.05, 0.1) is 12.7 Å². The largest absolute Gasteiger partial charge is 0.478 e. The molecule has 0 amide bonds. The Balaban J connectivity index is 0.000000531. The van der Waals surface area contributed by atoms with Crippen molar-refractivity contribution >= 4 is 11.9 Å². The number of rotatable bonds is 12. The third-order valence-corrected chi connectivity index (χ3v) is 6.77. The van der Waals surface area contributed by atoms with Crippen molar-refractivity contribution in [2.75, 3.05) is 45.9 Å². The topological polar surface area (TPSA) is 111 Å². The summed E-state index contributed by atoms with van der Waals surface area (Å²) < 4.78 is 33.0. The van der Waals surface area contributed by atoms with Crippen molar-refractivity contribution in [3.05, 3.63) is 119 Å². The molecule has 1 saturated heterocycles. The summed E-state index contributed by atoms with van der Waals surface area (Å²) in [6.07, 6.45) is 1.04. The van der Waals surface area contributed by atoms with Gasteiger partial charge in [-0.05, 0) is 47.4 Å². The highest BCUT2D eigenvalue weighted by atomic mass is 19.1. The number of hydrogen-bond acceptors (Lipinski definition) is 6. The molecule has 1 heterocycles. The predicted molar refractivity (Wildman–Crippen MR) is 154 cm³/mol. The van der Waals surface area contributed by atoms with Gasteiger partial charge < -0.3 is 25.0 Å². The Kier molecular flexibility index (Phi) is 13.3. The van der Waals surface area contributed by atoms with E-state index in [2.05, 4.69) is 9.80 Å². The molecule has 224 valence electrons. The summed E-state index contributed by atoms with van der Waals surface area (Å²) in [5, 5.41) is 26.0. The zero-order valence-electron chi connectivity index (χ0n) is 23.2. The monoisotopic (exact) mass is 582 g/mol. The summed E-state index contributed by atoms with van der Waals surface area (Å²) in [6, 6.07) is 22.3. The average molecular weight is 583 g/mol. The van der Waals surface area contributed by atoms with Crippen molar-refractivity contribution in [2.45, 2.75) is 18.6 Å². The highest BCUT2D eigenvalue weighted by Gasteiger charge is 2.20. The summed E-state index contributed by atoms with van der Waals surface area (Å²) in [5.74, 6) is -3.11. The van der Waals surface area contributed by atoms with Crippen LogP contribution >= 0.6 is 0 Å². The van der Waals surface area contributed by atoms with E-state index in [0.717, 1.165) is 62.4 Å². The lowest BCUT2D eigenvalue weighted by atomic mass is 10.0. The number of carboxylic acids is 2. The lowest BCUT2D eigenvalue weighted by Crippen LogP contribution is -2.47. The van der Waals surface area contributed by atoms with E-state index in [-0.39, 0.29) is 17.7 Å². The molecule has 3 aromatic carbocycles. The second kappa shape index (κ2) is 17.1. The number of carbonyl (C=O) groups is 2. The zero-order chi connectivity index (χ0) is 30.3. The first-order chi connectivity index (χ1) is 20.2. The van der Waals surface area contributed by atoms with Gasteiger partial charge in [0.15, 0.2) is 0 Å². The van der Waals surface area contributed by atoms with E-state index in [4.69, 9.17) is 14.9 Å². The van der Waals surface area contributed by atoms with Crippen LogP contribution in [0.25, 0.3) is 0 Å². The van der Waals surface area contributed by atoms with E-state index in [1.165, 1.54) is 24.3 Å². The fourth-order valence-corrected chi connectivity index (χ4v) is 4.49. The normalized spacial score (nSPS) is 14.9. The molecular weight excluding hydrogens is 546 g/mol. The molecule has 4 rings (SSSR count). The van der Waals surface area contributed by atoms with Gasteiger partial charge in [0.1, 0.15) is 17.7 Å². The summed E-state index contributed by atoms with van der Waals surface area (Å²) in [7, 11) is 0. The molecule has 0 radical (unpaired) electrons. The Morgan fingerprint density at radius 3 is 1.62 bits per heavy atom. The lowest BCUT2D eigenvalue weighted by Gasteiger charge is -2.35. The maximum absolute atomic E-state index is 13.4. The van der Waals surface area contributed by atoms with Gasteiger partial charge in [-0.2, -0.15) is 0 Å². The van der Waals surface area contributed by atoms with E-state index in [9.17, 15) is 23.5 Å². The lowest BCUT2D eigenvalue weighted by molar-refractivity contribution is -0.134. The number of piperazine rings is 1. The fourth-order valence-electron chi connectivity index (χ4n) is 4.49. The number of nitrogens with zero attached hydrogens (tertiary/aromatic N) is 2. The van der Waals surface area contributed by atoms with Crippen LogP contribution in [0.3, 0.4) is 0 Å². The van der Waals surface area contributed by atoms with Crippen LogP contribution in [-0.2, 0) is 14.3 Å². The second-order valence-electron chi connectivity index (χ2n) is 9.76. The van der Waals surface area contributed by atoms with Gasteiger partial charge in [0, 0.05) is 51.4 Å². The van der Waals surface area contributed by atoms with Gasteiger partial charge in [-0.3, -0.25) is 4.90 Å². The number of aliphatic hydroxyl groups is 1. The van der Waals surface area contributed by atoms with Crippen molar-refractivity contribution < 1.29 is 38.4 Å². The molecular formula is C32H36F2N2O6. The van der Waals surface area contributed by atoms with Crippen LogP contribution in [0, 0.1) is 11.6 Å². The van der Waals surface area contributed by atoms with Gasteiger partial charge in [0.2, 0.25) is 0 Å². The molecule has 0 aromatic heterocycles. The molecule has 0 bridgehead atoms. The van der Waals surface area contributed by atoms with Crippen molar-refractivity contribution in [2.24, 2.45) is 0 Å². The molecule has 0 saturated carbocycles. The molecule has 0 spiro atoms. The zero-order valence-corrected chi connectivity index (χ0v) is 23.2. The van der Waals surface area contributed by atoms with Crippen LogP contribution in [0.1, 0.15) is 35.3 Å². The van der Waals surface area contributed by atoms with Crippen LogP contribution in [0.15, 0.2) is 91.0 Å². The number of hydrogen-bond donors (Lipinski definition) is 3. The highest BCUT2D eigenvalue weighted by molar-refractivity contribution is 5.89. The molecule has 3 N–H and O–H groups in total. The summed E-state index contributed by atoms with van der Waals surface area (Å²) in [6.45, 7) is 6.00. The first-order valence-corrected chi connectivity index (χ1v) is 13.7. The third kappa shape index (κ3) is 11.5. The first-order valence-electron chi connectivity index (χ1n) is 13.7. The predicted octanol–water partition coefficient (Wildman–Crippen LogP) is 4.52. The molecule has 1 aliphatic heterocycles. The van der Waals surface area contributed by atoms with Crippen LogP contribution in [0.4, 0.5) is 8.78 Å². The van der Waals surface area contributed by atoms with Crippen molar-refractivity contribution in [1.29, 1.82) is 0 Å². The Morgan fingerprint density at radius 1 is 0.714 bits per heavy atom. The Labute approximate surface area is 244 Å². The number of benzene rings is 3. The van der Waals surface area contributed by atoms with Gasteiger partial charge in [-0.25, -0.2) is 18.4 Å². The number of ether oxygens (including phenoxy) is 1. The maximum atomic E-state index is 13.4. The Bertz CT molecular complexity index is 1200. The number of aliphatic carboxylic acids is 2. The van der Waals surface area contributed by atoms with E-state index in [1.807, 2.05) is 30.3 Å². The number of halogens is 2. The summed E-state index contributed by atoms with van der Waals surface area (Å²) in [4.78, 5) is 23.9. The van der Waals surface area contributed by atoms with Crippen molar-refractivity contribution in [1.82, 2.24) is 9.80 Å². The molecule has 0 aliphatic carbocycles. The first kappa shape index (κ1) is 32.6. The van der Waals surface area contributed by atoms with E-state index in [1.54, 1.807) is 24.3 Å². The minimum absolute atomic E-state index is 0.296. The maximum Gasteiger partial charge on any atom is 0.328 e. The van der Waals surface area contributed by atoms with Crippen molar-refractivity contribution in [3.8, 4) is 0 Å². The Hall–Kier alpha value is -3.96. The molecule has 0 unspecified atom stereocenters. The van der Waals surface area contributed by atoms with Gasteiger partial charge >= 0.3 is 11.9 Å². The third-order valence-electron chi connectivity index (χ3n) is 6.77. The second-order valence-corrected chi connectivity index (χ2v) is 9.76. The standard InChI is InChI=1S/C28H32F2N2O2.C4H4O4/c29-25-10-6-23(7-11-25)28(24-8-12-26(30)13-9-24)34-21-20-32-18-16-31(17-19-32)15-14-27(33)22-4-2-1-3-5-22;5-3(6)1-2-4(7)8/h1-13,27-28,33H,14-21H2;1-2H,(H,5,6)(H,7,8)/b;2-1+/t27-;/m1./s1. The van der Waals surface area contributed by atoms with Crippen molar-refractivity contribution in [3.63, 3.8) is 0 Å². The Morgan fingerprint density at radius 2 is 1.17 bits per heavy atom. The molecule has 1 atom stereocenters. The van der Waals surface area contributed by atoms with Gasteiger partial charge in [-0.15, -0.1) is 0 Å². The molecule has 3 aromatic rings. The quantitative estimate of drug-likeness (QED) is 0.268. The summed E-state index contributed by atoms with van der Waals surface area (Å²) in [5.41, 5.74) is 2.65. The number of aliphatic hydroxyl groups excluding tert-OH is 1. The highest BCUT2D eigenvalue weighted by Crippen LogP contribution is 2.26. The van der Waals surface area contributed by atoms with Gasteiger partial charge in [0.25, 0.3) is 0 Å². The minimum atomic E-state index is -1.26. The van der Waals surface area contributed by atoms with E-state index in [0.29, 0.717) is 18.8 Å². The number of carboxylic acid groups (broad SMARTS) is 2. The van der Waals surface area contributed by atoms with Gasteiger partial charge in [-0.1, -0.05) is 54.6 Å². The molecule has 1 fully saturated rings.